The Morgan fingerprint density at radius 3 is 0.804 bits per heavy atom. The van der Waals surface area contributed by atoms with Gasteiger partial charge in [0.15, 0.2) is 0 Å². The van der Waals surface area contributed by atoms with Crippen molar-refractivity contribution in [2.45, 2.75) is 321 Å². The van der Waals surface area contributed by atoms with E-state index in [0.717, 1.165) is 25.7 Å². The first-order valence-corrected chi connectivity index (χ1v) is 26.2. The van der Waals surface area contributed by atoms with Gasteiger partial charge in [-0.25, -0.2) is 0 Å². The van der Waals surface area contributed by atoms with E-state index in [2.05, 4.69) is 19.2 Å². The van der Waals surface area contributed by atoms with Crippen molar-refractivity contribution in [3.05, 3.63) is 0 Å². The first-order valence-electron chi connectivity index (χ1n) is 26.2. The summed E-state index contributed by atoms with van der Waals surface area (Å²) in [6, 6.07) is -0.530. The molecule has 1 amide bonds. The SMILES string of the molecule is CCCCCCCCCCCCCCCCCCCCCCCCCCCCCC(O)C(CO)NC(=O)CCCCCCCCCCCCCCCCCCC. The Kier molecular flexibility index (Phi) is 48.2. The normalized spacial score (nSPS) is 12.7. The van der Waals surface area contributed by atoms with Crippen LogP contribution < -0.4 is 5.32 Å². The summed E-state index contributed by atoms with van der Waals surface area (Å²) in [4.78, 5) is 12.4. The molecule has 0 aromatic rings. The van der Waals surface area contributed by atoms with E-state index in [1.165, 1.54) is 257 Å². The van der Waals surface area contributed by atoms with Crippen LogP contribution in [0.3, 0.4) is 0 Å². The molecule has 0 aliphatic carbocycles. The van der Waals surface area contributed by atoms with Crippen LogP contribution in [-0.4, -0.2) is 34.9 Å². The summed E-state index contributed by atoms with van der Waals surface area (Å²) in [7, 11) is 0. The molecule has 0 heterocycles. The highest BCUT2D eigenvalue weighted by Gasteiger charge is 2.20. The van der Waals surface area contributed by atoms with Gasteiger partial charge in [-0.1, -0.05) is 290 Å². The number of carbonyl (C=O) groups is 1. The minimum atomic E-state index is -0.654. The van der Waals surface area contributed by atoms with Gasteiger partial charge in [0.1, 0.15) is 0 Å². The molecule has 56 heavy (non-hydrogen) atoms. The van der Waals surface area contributed by atoms with Gasteiger partial charge in [0.2, 0.25) is 5.91 Å². The summed E-state index contributed by atoms with van der Waals surface area (Å²) >= 11 is 0. The molecule has 0 fully saturated rings. The van der Waals surface area contributed by atoms with Crippen molar-refractivity contribution in [2.75, 3.05) is 6.61 Å². The Hall–Kier alpha value is -0.610. The van der Waals surface area contributed by atoms with Crippen molar-refractivity contribution in [1.82, 2.24) is 5.32 Å². The van der Waals surface area contributed by atoms with E-state index in [-0.39, 0.29) is 12.5 Å². The van der Waals surface area contributed by atoms with E-state index in [9.17, 15) is 15.0 Å². The number of hydrogen-bond donors (Lipinski definition) is 3. The summed E-state index contributed by atoms with van der Waals surface area (Å²) in [6.07, 6.45) is 60.8. The van der Waals surface area contributed by atoms with E-state index in [4.69, 9.17) is 0 Å². The third kappa shape index (κ3) is 44.5. The summed E-state index contributed by atoms with van der Waals surface area (Å²) in [5.41, 5.74) is 0. The molecule has 4 heteroatoms. The average molecular weight is 792 g/mol. The number of nitrogens with one attached hydrogen (secondary N) is 1. The fourth-order valence-electron chi connectivity index (χ4n) is 8.60. The van der Waals surface area contributed by atoms with E-state index in [1.807, 2.05) is 0 Å². The van der Waals surface area contributed by atoms with Gasteiger partial charge in [-0.15, -0.1) is 0 Å². The van der Waals surface area contributed by atoms with Crippen molar-refractivity contribution >= 4 is 5.91 Å². The van der Waals surface area contributed by atoms with E-state index < -0.39 is 12.1 Å². The third-order valence-corrected chi connectivity index (χ3v) is 12.6. The molecule has 0 saturated carbocycles. The molecular weight excluding hydrogens is 687 g/mol. The maximum absolute atomic E-state index is 12.4. The molecule has 0 aliphatic heterocycles. The lowest BCUT2D eigenvalue weighted by Gasteiger charge is -2.22. The number of amides is 1. The Balaban J connectivity index is 3.40. The predicted octanol–water partition coefficient (Wildman–Crippen LogP) is 16.8. The second-order valence-corrected chi connectivity index (χ2v) is 18.3. The highest BCUT2D eigenvalue weighted by atomic mass is 16.3. The topological polar surface area (TPSA) is 69.6 Å². The van der Waals surface area contributed by atoms with Gasteiger partial charge in [0, 0.05) is 6.42 Å². The highest BCUT2D eigenvalue weighted by Crippen LogP contribution is 2.18. The average Bonchev–Trinajstić information content (AvgIpc) is 3.20. The second kappa shape index (κ2) is 48.8. The molecule has 3 N–H and O–H groups in total. The van der Waals surface area contributed by atoms with Gasteiger partial charge < -0.3 is 15.5 Å². The summed E-state index contributed by atoms with van der Waals surface area (Å²) < 4.78 is 0. The van der Waals surface area contributed by atoms with Gasteiger partial charge in [-0.05, 0) is 12.8 Å². The summed E-state index contributed by atoms with van der Waals surface area (Å²) in [6.45, 7) is 4.40. The van der Waals surface area contributed by atoms with Crippen LogP contribution in [0.25, 0.3) is 0 Å². The van der Waals surface area contributed by atoms with E-state index in [0.29, 0.717) is 12.8 Å². The van der Waals surface area contributed by atoms with Crippen molar-refractivity contribution in [3.8, 4) is 0 Å². The number of aliphatic hydroxyl groups excluding tert-OH is 2. The fourth-order valence-corrected chi connectivity index (χ4v) is 8.60. The van der Waals surface area contributed by atoms with E-state index in [1.54, 1.807) is 0 Å². The number of rotatable bonds is 49. The predicted molar refractivity (Wildman–Crippen MR) is 249 cm³/mol. The lowest BCUT2D eigenvalue weighted by Crippen LogP contribution is -2.45. The van der Waals surface area contributed by atoms with Crippen LogP contribution in [0.2, 0.25) is 0 Å². The zero-order valence-corrected chi connectivity index (χ0v) is 38.7. The van der Waals surface area contributed by atoms with Crippen LogP contribution in [0.1, 0.15) is 309 Å². The third-order valence-electron chi connectivity index (χ3n) is 12.6. The van der Waals surface area contributed by atoms with Gasteiger partial charge >= 0.3 is 0 Å². The van der Waals surface area contributed by atoms with Gasteiger partial charge in [-0.2, -0.15) is 0 Å². The Morgan fingerprint density at radius 2 is 0.571 bits per heavy atom. The first-order chi connectivity index (χ1) is 27.7. The quantitative estimate of drug-likeness (QED) is 0.0538. The van der Waals surface area contributed by atoms with Crippen LogP contribution in [-0.2, 0) is 4.79 Å². The molecule has 2 unspecified atom stereocenters. The Bertz CT molecular complexity index is 729. The zero-order chi connectivity index (χ0) is 40.7. The van der Waals surface area contributed by atoms with E-state index >= 15 is 0 Å². The second-order valence-electron chi connectivity index (χ2n) is 18.3. The molecule has 336 valence electrons. The van der Waals surface area contributed by atoms with Gasteiger partial charge in [-0.3, -0.25) is 4.79 Å². The minimum absolute atomic E-state index is 0.0238. The smallest absolute Gasteiger partial charge is 0.220 e. The molecule has 0 spiro atoms. The molecule has 0 bridgehead atoms. The first kappa shape index (κ1) is 55.4. The lowest BCUT2D eigenvalue weighted by atomic mass is 10.0. The lowest BCUT2D eigenvalue weighted by molar-refractivity contribution is -0.123. The number of carbonyl (C=O) groups excluding carboxylic acids is 1. The maximum atomic E-state index is 12.4. The molecule has 0 aromatic heterocycles. The highest BCUT2D eigenvalue weighted by molar-refractivity contribution is 5.76. The monoisotopic (exact) mass is 792 g/mol. The summed E-state index contributed by atoms with van der Waals surface area (Å²) in [5, 5.41) is 23.3. The standard InChI is InChI=1S/C52H105NO3/c1-3-5-7-9-11-13-15-17-19-21-22-23-24-25-26-27-28-29-30-32-33-35-37-39-41-43-45-47-51(55)50(49-54)53-52(56)48-46-44-42-40-38-36-34-31-20-18-16-14-12-10-8-6-4-2/h50-51,54-55H,3-49H2,1-2H3,(H,53,56). The molecule has 0 saturated heterocycles. The van der Waals surface area contributed by atoms with Crippen LogP contribution in [0, 0.1) is 0 Å². The van der Waals surface area contributed by atoms with Crippen molar-refractivity contribution in [2.24, 2.45) is 0 Å². The molecule has 0 aliphatic rings. The van der Waals surface area contributed by atoms with Gasteiger partial charge in [0.25, 0.3) is 0 Å². The van der Waals surface area contributed by atoms with Crippen molar-refractivity contribution < 1.29 is 15.0 Å². The molecule has 0 rings (SSSR count). The molecule has 4 nitrogen and oxygen atoms in total. The van der Waals surface area contributed by atoms with Crippen LogP contribution in [0.5, 0.6) is 0 Å². The van der Waals surface area contributed by atoms with Crippen molar-refractivity contribution in [3.63, 3.8) is 0 Å². The van der Waals surface area contributed by atoms with Crippen LogP contribution in [0.15, 0.2) is 0 Å². The fraction of sp³-hybridized carbons (Fsp3) is 0.981. The maximum Gasteiger partial charge on any atom is 0.220 e. The molecular formula is C52H105NO3. The molecule has 2 atom stereocenters. The zero-order valence-electron chi connectivity index (χ0n) is 38.7. The molecule has 0 radical (unpaired) electrons. The Morgan fingerprint density at radius 1 is 0.357 bits per heavy atom. The summed E-state index contributed by atoms with van der Waals surface area (Å²) in [5.74, 6) is -0.0238. The van der Waals surface area contributed by atoms with Gasteiger partial charge in [0.05, 0.1) is 18.8 Å². The number of unbranched alkanes of at least 4 members (excludes halogenated alkanes) is 42. The van der Waals surface area contributed by atoms with Crippen molar-refractivity contribution in [1.29, 1.82) is 0 Å². The Labute approximate surface area is 353 Å². The number of aliphatic hydroxyl groups is 2. The van der Waals surface area contributed by atoms with Crippen LogP contribution in [0.4, 0.5) is 0 Å². The molecule has 0 aromatic carbocycles. The number of hydrogen-bond acceptors (Lipinski definition) is 3. The van der Waals surface area contributed by atoms with Crippen LogP contribution >= 0.6 is 0 Å². The minimum Gasteiger partial charge on any atom is -0.394 e. The largest absolute Gasteiger partial charge is 0.394 e.